The Bertz CT molecular complexity index is 320. The fourth-order valence-electron chi connectivity index (χ4n) is 1.95. The molecule has 0 spiro atoms. The lowest BCUT2D eigenvalue weighted by molar-refractivity contribution is 0.281. The Hall–Kier alpha value is -1.03. The largest absolute Gasteiger partial charge is 0.391 e. The van der Waals surface area contributed by atoms with Crippen LogP contribution in [-0.2, 0) is 13.7 Å². The molecule has 0 saturated heterocycles. The summed E-state index contributed by atoms with van der Waals surface area (Å²) < 4.78 is 1.86. The number of hydrogen-bond donors (Lipinski definition) is 1. The first kappa shape index (κ1) is 12.0. The predicted octanol–water partition coefficient (Wildman–Crippen LogP) is 1.46. The molecule has 0 unspecified atom stereocenters. The van der Waals surface area contributed by atoms with Gasteiger partial charge in [-0.1, -0.05) is 6.92 Å². The molecule has 0 aromatic carbocycles. The van der Waals surface area contributed by atoms with Crippen LogP contribution in [0.3, 0.4) is 0 Å². The molecule has 0 atom stereocenters. The minimum Gasteiger partial charge on any atom is -0.391 e. The first-order valence-electron chi connectivity index (χ1n) is 5.53. The number of rotatable bonds is 5. The molecule has 15 heavy (non-hydrogen) atoms. The van der Waals surface area contributed by atoms with E-state index < -0.39 is 0 Å². The average molecular weight is 211 g/mol. The van der Waals surface area contributed by atoms with Gasteiger partial charge in [-0.25, -0.2) is 0 Å². The van der Waals surface area contributed by atoms with E-state index >= 15 is 0 Å². The number of aliphatic hydroxyl groups excluding tert-OH is 1. The number of hydrogen-bond acceptors (Lipinski definition) is 3. The number of aryl methyl sites for hydroxylation is 2. The maximum atomic E-state index is 9.35. The van der Waals surface area contributed by atoms with E-state index in [4.69, 9.17) is 0 Å². The van der Waals surface area contributed by atoms with E-state index in [2.05, 4.69) is 23.8 Å². The molecular formula is C11H21N3O. The zero-order chi connectivity index (χ0) is 11.4. The van der Waals surface area contributed by atoms with Crippen LogP contribution in [0.15, 0.2) is 0 Å². The molecule has 4 heteroatoms. The Morgan fingerprint density at radius 3 is 2.53 bits per heavy atom. The maximum Gasteiger partial charge on any atom is 0.132 e. The lowest BCUT2D eigenvalue weighted by Crippen LogP contribution is -2.26. The van der Waals surface area contributed by atoms with Gasteiger partial charge in [0.05, 0.1) is 12.3 Å². The summed E-state index contributed by atoms with van der Waals surface area (Å²) in [4.78, 5) is 2.26. The molecule has 0 fully saturated rings. The quantitative estimate of drug-likeness (QED) is 0.801. The van der Waals surface area contributed by atoms with E-state index in [0.29, 0.717) is 0 Å². The molecular weight excluding hydrogens is 190 g/mol. The Morgan fingerprint density at radius 1 is 1.40 bits per heavy atom. The molecule has 0 radical (unpaired) electrons. The summed E-state index contributed by atoms with van der Waals surface area (Å²) in [6.07, 6.45) is 1.10. The third kappa shape index (κ3) is 2.31. The van der Waals surface area contributed by atoms with Gasteiger partial charge in [-0.05, 0) is 20.3 Å². The summed E-state index contributed by atoms with van der Waals surface area (Å²) in [5, 5.41) is 13.7. The Kier molecular flexibility index (Phi) is 4.15. The van der Waals surface area contributed by atoms with Crippen molar-refractivity contribution >= 4 is 5.82 Å². The van der Waals surface area contributed by atoms with Gasteiger partial charge in [0.1, 0.15) is 5.82 Å². The summed E-state index contributed by atoms with van der Waals surface area (Å²) in [5.74, 6) is 1.05. The highest BCUT2D eigenvalue weighted by Gasteiger charge is 2.16. The van der Waals surface area contributed by atoms with Crippen molar-refractivity contribution in [3.8, 4) is 0 Å². The van der Waals surface area contributed by atoms with Gasteiger partial charge in [0.15, 0.2) is 0 Å². The van der Waals surface area contributed by atoms with Gasteiger partial charge in [-0.3, -0.25) is 4.68 Å². The second-order valence-electron chi connectivity index (χ2n) is 3.75. The standard InChI is InChI=1S/C11H21N3O/c1-5-7-14(6-2)11-10(8-15)9(3)12-13(11)4/h15H,5-8H2,1-4H3. The van der Waals surface area contributed by atoms with Gasteiger partial charge in [0.2, 0.25) is 0 Å². The van der Waals surface area contributed by atoms with Gasteiger partial charge in [0.25, 0.3) is 0 Å². The molecule has 0 saturated carbocycles. The molecule has 86 valence electrons. The maximum absolute atomic E-state index is 9.35. The minimum absolute atomic E-state index is 0.0647. The third-order valence-electron chi connectivity index (χ3n) is 2.65. The van der Waals surface area contributed by atoms with Gasteiger partial charge in [-0.2, -0.15) is 5.10 Å². The normalized spacial score (nSPS) is 10.7. The van der Waals surface area contributed by atoms with Crippen LogP contribution in [0, 0.1) is 6.92 Å². The van der Waals surface area contributed by atoms with Gasteiger partial charge >= 0.3 is 0 Å². The summed E-state index contributed by atoms with van der Waals surface area (Å²) in [6, 6.07) is 0. The minimum atomic E-state index is 0.0647. The first-order valence-corrected chi connectivity index (χ1v) is 5.53. The fraction of sp³-hybridized carbons (Fsp3) is 0.727. The van der Waals surface area contributed by atoms with Crippen molar-refractivity contribution in [3.05, 3.63) is 11.3 Å². The highest BCUT2D eigenvalue weighted by atomic mass is 16.3. The highest BCUT2D eigenvalue weighted by Crippen LogP contribution is 2.23. The molecule has 0 aliphatic heterocycles. The Morgan fingerprint density at radius 2 is 2.07 bits per heavy atom. The van der Waals surface area contributed by atoms with Crippen LogP contribution in [0.2, 0.25) is 0 Å². The third-order valence-corrected chi connectivity index (χ3v) is 2.65. The number of nitrogens with zero attached hydrogens (tertiary/aromatic N) is 3. The lowest BCUT2D eigenvalue weighted by Gasteiger charge is -2.23. The molecule has 1 aromatic heterocycles. The van der Waals surface area contributed by atoms with Crippen LogP contribution in [0.4, 0.5) is 5.82 Å². The molecule has 1 heterocycles. The summed E-state index contributed by atoms with van der Waals surface area (Å²) in [6.45, 7) is 8.23. The van der Waals surface area contributed by atoms with E-state index in [0.717, 1.165) is 36.6 Å². The molecule has 0 bridgehead atoms. The van der Waals surface area contributed by atoms with Crippen molar-refractivity contribution < 1.29 is 5.11 Å². The molecule has 1 rings (SSSR count). The molecule has 0 amide bonds. The molecule has 0 aliphatic carbocycles. The topological polar surface area (TPSA) is 41.3 Å². The molecule has 1 aromatic rings. The lowest BCUT2D eigenvalue weighted by atomic mass is 10.2. The van der Waals surface area contributed by atoms with Crippen LogP contribution < -0.4 is 4.90 Å². The van der Waals surface area contributed by atoms with Crippen molar-refractivity contribution in [2.75, 3.05) is 18.0 Å². The number of aromatic nitrogens is 2. The van der Waals surface area contributed by atoms with Crippen molar-refractivity contribution in [2.24, 2.45) is 7.05 Å². The van der Waals surface area contributed by atoms with E-state index in [1.165, 1.54) is 0 Å². The number of anilines is 1. The van der Waals surface area contributed by atoms with Crippen LogP contribution in [0.25, 0.3) is 0 Å². The summed E-state index contributed by atoms with van der Waals surface area (Å²) >= 11 is 0. The Labute approximate surface area is 91.5 Å². The highest BCUT2D eigenvalue weighted by molar-refractivity contribution is 5.49. The van der Waals surface area contributed by atoms with Crippen LogP contribution in [0.5, 0.6) is 0 Å². The summed E-state index contributed by atoms with van der Waals surface area (Å²) in [5.41, 5.74) is 1.87. The Balaban J connectivity index is 3.09. The van der Waals surface area contributed by atoms with Crippen molar-refractivity contribution in [3.63, 3.8) is 0 Å². The SMILES string of the molecule is CCCN(CC)c1c(CO)c(C)nn1C. The molecule has 0 aliphatic rings. The number of aliphatic hydroxyl groups is 1. The van der Waals surface area contributed by atoms with E-state index in [9.17, 15) is 5.11 Å². The van der Waals surface area contributed by atoms with E-state index in [-0.39, 0.29) is 6.61 Å². The second kappa shape index (κ2) is 5.16. The van der Waals surface area contributed by atoms with Crippen LogP contribution >= 0.6 is 0 Å². The van der Waals surface area contributed by atoms with Crippen molar-refractivity contribution in [1.82, 2.24) is 9.78 Å². The second-order valence-corrected chi connectivity index (χ2v) is 3.75. The summed E-state index contributed by atoms with van der Waals surface area (Å²) in [7, 11) is 1.93. The van der Waals surface area contributed by atoms with Gasteiger partial charge in [0, 0.05) is 25.7 Å². The average Bonchev–Trinajstić information content (AvgIpc) is 2.49. The molecule has 1 N–H and O–H groups in total. The van der Waals surface area contributed by atoms with Gasteiger partial charge < -0.3 is 10.0 Å². The van der Waals surface area contributed by atoms with E-state index in [1.54, 1.807) is 0 Å². The monoisotopic (exact) mass is 211 g/mol. The van der Waals surface area contributed by atoms with Crippen LogP contribution in [-0.4, -0.2) is 28.0 Å². The van der Waals surface area contributed by atoms with Crippen LogP contribution in [0.1, 0.15) is 31.5 Å². The predicted molar refractivity (Wildman–Crippen MR) is 62.0 cm³/mol. The smallest absolute Gasteiger partial charge is 0.132 e. The van der Waals surface area contributed by atoms with Gasteiger partial charge in [-0.15, -0.1) is 0 Å². The van der Waals surface area contributed by atoms with Crippen molar-refractivity contribution in [2.45, 2.75) is 33.8 Å². The van der Waals surface area contributed by atoms with Crippen molar-refractivity contribution in [1.29, 1.82) is 0 Å². The van der Waals surface area contributed by atoms with E-state index in [1.807, 2.05) is 18.7 Å². The zero-order valence-corrected chi connectivity index (χ0v) is 10.1. The first-order chi connectivity index (χ1) is 7.15. The fourth-order valence-corrected chi connectivity index (χ4v) is 1.95. The zero-order valence-electron chi connectivity index (χ0n) is 10.1. The molecule has 4 nitrogen and oxygen atoms in total.